The largest absolute Gasteiger partial charge is 0.370 e. The second-order valence-corrected chi connectivity index (χ2v) is 4.80. The summed E-state index contributed by atoms with van der Waals surface area (Å²) < 4.78 is 5.58. The number of nitro groups is 1. The van der Waals surface area contributed by atoms with Gasteiger partial charge < -0.3 is 4.74 Å². The number of ether oxygens (including phenoxy) is 1. The van der Waals surface area contributed by atoms with Gasteiger partial charge in [-0.15, -0.1) is 0 Å². The number of hydrogen-bond acceptors (Lipinski definition) is 4. The van der Waals surface area contributed by atoms with E-state index in [1.54, 1.807) is 6.07 Å². The van der Waals surface area contributed by atoms with Gasteiger partial charge in [-0.05, 0) is 12.8 Å². The first kappa shape index (κ1) is 13.7. The fraction of sp³-hybridized carbons (Fsp3) is 0.500. The first-order chi connectivity index (χ1) is 9.16. The zero-order valence-electron chi connectivity index (χ0n) is 10.7. The average Bonchev–Trinajstić information content (AvgIpc) is 2.46. The van der Waals surface area contributed by atoms with Gasteiger partial charge in [0.15, 0.2) is 5.78 Å². The van der Waals surface area contributed by atoms with E-state index in [0.29, 0.717) is 5.56 Å². The Balaban J connectivity index is 1.92. The molecular formula is C14H17NO4. The van der Waals surface area contributed by atoms with Crippen molar-refractivity contribution in [1.29, 1.82) is 0 Å². The lowest BCUT2D eigenvalue weighted by Gasteiger charge is -2.21. The van der Waals surface area contributed by atoms with Crippen LogP contribution in [0.1, 0.15) is 42.5 Å². The van der Waals surface area contributed by atoms with Crippen LogP contribution in [0.2, 0.25) is 0 Å². The fourth-order valence-corrected chi connectivity index (χ4v) is 2.30. The van der Waals surface area contributed by atoms with Crippen LogP contribution in [0.5, 0.6) is 0 Å². The Hall–Kier alpha value is -1.75. The summed E-state index contributed by atoms with van der Waals surface area (Å²) >= 11 is 0. The standard InChI is InChI=1S/C14H17NO4/c16-14(10-19-13-7-2-1-3-8-13)11-5-4-6-12(9-11)15(17)18/h4-6,9,13H,1-3,7-8,10H2. The van der Waals surface area contributed by atoms with E-state index >= 15 is 0 Å². The molecule has 1 aromatic carbocycles. The summed E-state index contributed by atoms with van der Waals surface area (Å²) in [5, 5.41) is 10.6. The summed E-state index contributed by atoms with van der Waals surface area (Å²) in [6.45, 7) is 0.00579. The van der Waals surface area contributed by atoms with Crippen LogP contribution in [0, 0.1) is 10.1 Å². The number of benzene rings is 1. The lowest BCUT2D eigenvalue weighted by Crippen LogP contribution is -2.21. The molecule has 0 atom stereocenters. The van der Waals surface area contributed by atoms with Crippen LogP contribution >= 0.6 is 0 Å². The normalized spacial score (nSPS) is 16.2. The summed E-state index contributed by atoms with van der Waals surface area (Å²) in [5.74, 6) is -0.200. The average molecular weight is 263 g/mol. The maximum Gasteiger partial charge on any atom is 0.270 e. The van der Waals surface area contributed by atoms with Crippen molar-refractivity contribution in [3.05, 3.63) is 39.9 Å². The second kappa shape index (κ2) is 6.43. The molecule has 0 saturated heterocycles. The van der Waals surface area contributed by atoms with Crippen molar-refractivity contribution >= 4 is 11.5 Å². The Kier molecular flexibility index (Phi) is 4.63. The van der Waals surface area contributed by atoms with Crippen molar-refractivity contribution in [3.63, 3.8) is 0 Å². The lowest BCUT2D eigenvalue weighted by atomic mass is 9.98. The van der Waals surface area contributed by atoms with Crippen molar-refractivity contribution < 1.29 is 14.5 Å². The molecular weight excluding hydrogens is 246 g/mol. The van der Waals surface area contributed by atoms with Crippen LogP contribution in [-0.4, -0.2) is 23.4 Å². The molecule has 0 heterocycles. The Labute approximate surface area is 111 Å². The minimum atomic E-state index is -0.501. The number of non-ortho nitro benzene ring substituents is 1. The number of nitrogens with zero attached hydrogens (tertiary/aromatic N) is 1. The van der Waals surface area contributed by atoms with E-state index in [2.05, 4.69) is 0 Å². The molecule has 0 amide bonds. The molecule has 0 radical (unpaired) electrons. The zero-order chi connectivity index (χ0) is 13.7. The Bertz CT molecular complexity index is 466. The van der Waals surface area contributed by atoms with E-state index in [9.17, 15) is 14.9 Å². The van der Waals surface area contributed by atoms with Crippen LogP contribution in [0.15, 0.2) is 24.3 Å². The summed E-state index contributed by atoms with van der Waals surface area (Å²) in [4.78, 5) is 22.1. The predicted molar refractivity (Wildman–Crippen MR) is 70.3 cm³/mol. The molecule has 1 aliphatic rings. The number of hydrogen-bond donors (Lipinski definition) is 0. The van der Waals surface area contributed by atoms with Crippen molar-refractivity contribution in [2.45, 2.75) is 38.2 Å². The van der Waals surface area contributed by atoms with E-state index in [1.807, 2.05) is 0 Å². The fourth-order valence-electron chi connectivity index (χ4n) is 2.30. The third-order valence-electron chi connectivity index (χ3n) is 3.38. The molecule has 102 valence electrons. The molecule has 5 nitrogen and oxygen atoms in total. The number of ketones is 1. The Morgan fingerprint density at radius 3 is 2.74 bits per heavy atom. The van der Waals surface area contributed by atoms with Crippen LogP contribution < -0.4 is 0 Å². The van der Waals surface area contributed by atoms with Gasteiger partial charge >= 0.3 is 0 Å². The van der Waals surface area contributed by atoms with Gasteiger partial charge in [0.05, 0.1) is 11.0 Å². The van der Waals surface area contributed by atoms with Crippen LogP contribution in [0.25, 0.3) is 0 Å². The van der Waals surface area contributed by atoms with E-state index in [4.69, 9.17) is 4.74 Å². The molecule has 1 aromatic rings. The smallest absolute Gasteiger partial charge is 0.270 e. The molecule has 2 rings (SSSR count). The molecule has 19 heavy (non-hydrogen) atoms. The molecule has 1 aliphatic carbocycles. The minimum absolute atomic E-state index is 0.00579. The number of nitro benzene ring substituents is 1. The molecule has 0 aromatic heterocycles. The van der Waals surface area contributed by atoms with Gasteiger partial charge in [0.25, 0.3) is 5.69 Å². The van der Waals surface area contributed by atoms with E-state index in [-0.39, 0.29) is 24.2 Å². The van der Waals surface area contributed by atoms with E-state index < -0.39 is 4.92 Å². The topological polar surface area (TPSA) is 69.4 Å². The molecule has 5 heteroatoms. The number of carbonyl (C=O) groups excluding carboxylic acids is 1. The number of rotatable bonds is 5. The molecule has 0 N–H and O–H groups in total. The highest BCUT2D eigenvalue weighted by Gasteiger charge is 2.17. The highest BCUT2D eigenvalue weighted by Crippen LogP contribution is 2.20. The SMILES string of the molecule is O=C(COC1CCCCC1)c1cccc([N+](=O)[O-])c1. The first-order valence-corrected chi connectivity index (χ1v) is 6.56. The minimum Gasteiger partial charge on any atom is -0.370 e. The maximum absolute atomic E-state index is 11.9. The van der Waals surface area contributed by atoms with Gasteiger partial charge in [-0.3, -0.25) is 14.9 Å². The summed E-state index contributed by atoms with van der Waals surface area (Å²) in [7, 11) is 0. The second-order valence-electron chi connectivity index (χ2n) is 4.80. The van der Waals surface area contributed by atoms with Crippen LogP contribution in [-0.2, 0) is 4.74 Å². The van der Waals surface area contributed by atoms with Crippen molar-refractivity contribution in [3.8, 4) is 0 Å². The summed E-state index contributed by atoms with van der Waals surface area (Å²) in [6, 6.07) is 5.77. The van der Waals surface area contributed by atoms with Gasteiger partial charge in [0.1, 0.15) is 6.61 Å². The van der Waals surface area contributed by atoms with Gasteiger partial charge in [-0.2, -0.15) is 0 Å². The summed E-state index contributed by atoms with van der Waals surface area (Å²) in [6.07, 6.45) is 5.70. The highest BCUT2D eigenvalue weighted by atomic mass is 16.6. The van der Waals surface area contributed by atoms with E-state index in [1.165, 1.54) is 24.6 Å². The van der Waals surface area contributed by atoms with Crippen LogP contribution in [0.3, 0.4) is 0 Å². The molecule has 0 aliphatic heterocycles. The molecule has 0 bridgehead atoms. The highest BCUT2D eigenvalue weighted by molar-refractivity contribution is 5.97. The number of Topliss-reactive ketones (excluding diaryl/α,β-unsaturated/α-hetero) is 1. The first-order valence-electron chi connectivity index (χ1n) is 6.56. The van der Waals surface area contributed by atoms with Crippen molar-refractivity contribution in [2.75, 3.05) is 6.61 Å². The van der Waals surface area contributed by atoms with Gasteiger partial charge in [-0.1, -0.05) is 31.4 Å². The Morgan fingerprint density at radius 2 is 2.05 bits per heavy atom. The van der Waals surface area contributed by atoms with Gasteiger partial charge in [0.2, 0.25) is 0 Å². The van der Waals surface area contributed by atoms with Crippen LogP contribution in [0.4, 0.5) is 5.69 Å². The monoisotopic (exact) mass is 263 g/mol. The summed E-state index contributed by atoms with van der Waals surface area (Å²) in [5.41, 5.74) is 0.272. The molecule has 0 spiro atoms. The third-order valence-corrected chi connectivity index (χ3v) is 3.38. The Morgan fingerprint density at radius 1 is 1.32 bits per heavy atom. The predicted octanol–water partition coefficient (Wildman–Crippen LogP) is 3.13. The van der Waals surface area contributed by atoms with Crippen molar-refractivity contribution in [1.82, 2.24) is 0 Å². The molecule has 1 fully saturated rings. The van der Waals surface area contributed by atoms with Gasteiger partial charge in [0, 0.05) is 17.7 Å². The number of carbonyl (C=O) groups is 1. The van der Waals surface area contributed by atoms with Crippen molar-refractivity contribution in [2.24, 2.45) is 0 Å². The van der Waals surface area contributed by atoms with Gasteiger partial charge in [-0.25, -0.2) is 0 Å². The third kappa shape index (κ3) is 3.86. The lowest BCUT2D eigenvalue weighted by molar-refractivity contribution is -0.384. The maximum atomic E-state index is 11.9. The quantitative estimate of drug-likeness (QED) is 0.465. The van der Waals surface area contributed by atoms with E-state index in [0.717, 1.165) is 25.7 Å². The zero-order valence-corrected chi connectivity index (χ0v) is 10.7. The molecule has 0 unspecified atom stereocenters. The molecule has 1 saturated carbocycles.